The number of aromatic nitrogens is 1. The van der Waals surface area contributed by atoms with Crippen LogP contribution in [0.15, 0.2) is 33.8 Å². The predicted octanol–water partition coefficient (Wildman–Crippen LogP) is 3.19. The van der Waals surface area contributed by atoms with Gasteiger partial charge < -0.3 is 25.1 Å². The SMILES string of the molecule is CCNC(=NCc1ccc(OC)c(NC(C)=O)c1)NCc1ncc(C(C)(C)C)o1. The maximum Gasteiger partial charge on any atom is 0.221 e. The van der Waals surface area contributed by atoms with Gasteiger partial charge in [-0.05, 0) is 24.6 Å². The van der Waals surface area contributed by atoms with Crippen LogP contribution in [0.3, 0.4) is 0 Å². The molecule has 0 saturated carbocycles. The number of nitrogens with one attached hydrogen (secondary N) is 3. The van der Waals surface area contributed by atoms with Crippen molar-refractivity contribution in [2.24, 2.45) is 4.99 Å². The second kappa shape index (κ2) is 9.95. The Balaban J connectivity index is 2.06. The molecule has 8 nitrogen and oxygen atoms in total. The Morgan fingerprint density at radius 2 is 2.03 bits per heavy atom. The molecule has 0 atom stereocenters. The lowest BCUT2D eigenvalue weighted by molar-refractivity contribution is -0.114. The van der Waals surface area contributed by atoms with Crippen molar-refractivity contribution in [3.05, 3.63) is 41.6 Å². The Morgan fingerprint density at radius 1 is 1.28 bits per heavy atom. The zero-order valence-corrected chi connectivity index (χ0v) is 18.0. The smallest absolute Gasteiger partial charge is 0.221 e. The van der Waals surface area contributed by atoms with Crippen LogP contribution in [-0.4, -0.2) is 30.5 Å². The van der Waals surface area contributed by atoms with Gasteiger partial charge in [0.1, 0.15) is 11.5 Å². The molecule has 0 spiro atoms. The van der Waals surface area contributed by atoms with E-state index in [1.807, 2.05) is 25.1 Å². The normalized spacial score (nSPS) is 11.9. The lowest BCUT2D eigenvalue weighted by Gasteiger charge is -2.13. The minimum atomic E-state index is -0.153. The Morgan fingerprint density at radius 3 is 2.62 bits per heavy atom. The first-order chi connectivity index (χ1) is 13.7. The summed E-state index contributed by atoms with van der Waals surface area (Å²) in [5, 5.41) is 9.21. The average Bonchev–Trinajstić information content (AvgIpc) is 3.13. The van der Waals surface area contributed by atoms with Gasteiger partial charge in [-0.3, -0.25) is 4.79 Å². The molecule has 1 aromatic heterocycles. The number of nitrogens with zero attached hydrogens (tertiary/aromatic N) is 2. The minimum absolute atomic E-state index is 0.0795. The third-order valence-electron chi connectivity index (χ3n) is 4.04. The van der Waals surface area contributed by atoms with Crippen LogP contribution in [0.2, 0.25) is 0 Å². The van der Waals surface area contributed by atoms with Crippen molar-refractivity contribution in [3.8, 4) is 5.75 Å². The molecule has 0 fully saturated rings. The molecule has 3 N–H and O–H groups in total. The molecule has 29 heavy (non-hydrogen) atoms. The molecule has 2 rings (SSSR count). The molecule has 158 valence electrons. The van der Waals surface area contributed by atoms with E-state index in [0.717, 1.165) is 17.9 Å². The van der Waals surface area contributed by atoms with Crippen molar-refractivity contribution in [2.45, 2.75) is 53.1 Å². The van der Waals surface area contributed by atoms with E-state index in [2.05, 4.69) is 46.7 Å². The third kappa shape index (κ3) is 6.81. The molecule has 0 aliphatic heterocycles. The minimum Gasteiger partial charge on any atom is -0.495 e. The Kier molecular flexibility index (Phi) is 7.64. The van der Waals surface area contributed by atoms with E-state index in [0.29, 0.717) is 36.4 Å². The van der Waals surface area contributed by atoms with Gasteiger partial charge in [-0.1, -0.05) is 26.8 Å². The van der Waals surface area contributed by atoms with E-state index in [1.54, 1.807) is 13.3 Å². The average molecular weight is 402 g/mol. The summed E-state index contributed by atoms with van der Waals surface area (Å²) in [6, 6.07) is 5.59. The number of methoxy groups -OCH3 is 1. The van der Waals surface area contributed by atoms with Gasteiger partial charge in [0.15, 0.2) is 5.96 Å². The number of benzene rings is 1. The number of hydrogen-bond acceptors (Lipinski definition) is 5. The first-order valence-electron chi connectivity index (χ1n) is 9.64. The van der Waals surface area contributed by atoms with Crippen molar-refractivity contribution in [1.29, 1.82) is 0 Å². The summed E-state index contributed by atoms with van der Waals surface area (Å²) in [4.78, 5) is 20.3. The van der Waals surface area contributed by atoms with Gasteiger partial charge in [-0.15, -0.1) is 0 Å². The third-order valence-corrected chi connectivity index (χ3v) is 4.04. The summed E-state index contributed by atoms with van der Waals surface area (Å²) in [5.74, 6) is 2.56. The lowest BCUT2D eigenvalue weighted by atomic mass is 9.94. The molecule has 0 aliphatic rings. The summed E-state index contributed by atoms with van der Waals surface area (Å²) in [5.41, 5.74) is 1.49. The van der Waals surface area contributed by atoms with Crippen LogP contribution in [-0.2, 0) is 23.3 Å². The highest BCUT2D eigenvalue weighted by Gasteiger charge is 2.19. The highest BCUT2D eigenvalue weighted by Crippen LogP contribution is 2.26. The summed E-state index contributed by atoms with van der Waals surface area (Å²) < 4.78 is 11.1. The van der Waals surface area contributed by atoms with Gasteiger partial charge in [0, 0.05) is 18.9 Å². The van der Waals surface area contributed by atoms with Crippen molar-refractivity contribution in [1.82, 2.24) is 15.6 Å². The number of anilines is 1. The van der Waals surface area contributed by atoms with Crippen molar-refractivity contribution < 1.29 is 13.9 Å². The van der Waals surface area contributed by atoms with Gasteiger partial charge in [-0.2, -0.15) is 0 Å². The van der Waals surface area contributed by atoms with E-state index in [1.165, 1.54) is 6.92 Å². The van der Waals surface area contributed by atoms with Crippen LogP contribution < -0.4 is 20.7 Å². The fraction of sp³-hybridized carbons (Fsp3) is 0.476. The van der Waals surface area contributed by atoms with Crippen LogP contribution >= 0.6 is 0 Å². The number of oxazole rings is 1. The highest BCUT2D eigenvalue weighted by molar-refractivity contribution is 5.90. The van der Waals surface area contributed by atoms with Crippen molar-refractivity contribution in [2.75, 3.05) is 19.0 Å². The van der Waals surface area contributed by atoms with E-state index < -0.39 is 0 Å². The van der Waals surface area contributed by atoms with Gasteiger partial charge in [0.05, 0.1) is 32.1 Å². The molecule has 0 bridgehead atoms. The molecule has 1 amide bonds. The number of rotatable bonds is 7. The predicted molar refractivity (Wildman–Crippen MR) is 114 cm³/mol. The Bertz CT molecular complexity index is 852. The summed E-state index contributed by atoms with van der Waals surface area (Å²) >= 11 is 0. The number of carbonyl (C=O) groups is 1. The zero-order chi connectivity index (χ0) is 21.4. The van der Waals surface area contributed by atoms with Crippen LogP contribution in [0.1, 0.15) is 51.8 Å². The summed E-state index contributed by atoms with van der Waals surface area (Å²) in [6.07, 6.45) is 1.77. The van der Waals surface area contributed by atoms with E-state index in [-0.39, 0.29) is 11.3 Å². The maximum atomic E-state index is 11.4. The number of guanidine groups is 1. The number of ether oxygens (including phenoxy) is 1. The molecular formula is C21H31N5O3. The van der Waals surface area contributed by atoms with Crippen molar-refractivity contribution >= 4 is 17.6 Å². The molecule has 0 radical (unpaired) electrons. The van der Waals surface area contributed by atoms with Crippen LogP contribution in [0.4, 0.5) is 5.69 Å². The number of amides is 1. The quantitative estimate of drug-likeness (QED) is 0.487. The maximum absolute atomic E-state index is 11.4. The molecular weight excluding hydrogens is 370 g/mol. The molecule has 8 heteroatoms. The first-order valence-corrected chi connectivity index (χ1v) is 9.64. The van der Waals surface area contributed by atoms with E-state index >= 15 is 0 Å². The molecule has 2 aromatic rings. The van der Waals surface area contributed by atoms with E-state index in [9.17, 15) is 4.79 Å². The van der Waals surface area contributed by atoms with Gasteiger partial charge in [-0.25, -0.2) is 9.98 Å². The van der Waals surface area contributed by atoms with E-state index in [4.69, 9.17) is 9.15 Å². The monoisotopic (exact) mass is 401 g/mol. The number of carbonyl (C=O) groups excluding carboxylic acids is 1. The van der Waals surface area contributed by atoms with Crippen LogP contribution in [0.5, 0.6) is 5.75 Å². The fourth-order valence-corrected chi connectivity index (χ4v) is 2.55. The number of hydrogen-bond donors (Lipinski definition) is 3. The van der Waals surface area contributed by atoms with Crippen LogP contribution in [0.25, 0.3) is 0 Å². The highest BCUT2D eigenvalue weighted by atomic mass is 16.5. The second-order valence-corrected chi connectivity index (χ2v) is 7.63. The molecule has 0 unspecified atom stereocenters. The standard InChI is InChI=1S/C21H31N5O3/c1-7-22-20(25-13-19-23-12-18(29-19)21(3,4)5)24-11-15-8-9-17(28-6)16(10-15)26-14(2)27/h8-10,12H,7,11,13H2,1-6H3,(H,26,27)(H2,22,24,25). The van der Waals surface area contributed by atoms with Crippen LogP contribution in [0, 0.1) is 0 Å². The summed E-state index contributed by atoms with van der Waals surface area (Å²) in [6.45, 7) is 11.3. The topological polar surface area (TPSA) is 101 Å². The van der Waals surface area contributed by atoms with Crippen molar-refractivity contribution in [3.63, 3.8) is 0 Å². The first kappa shape index (κ1) is 22.3. The molecule has 1 aromatic carbocycles. The van der Waals surface area contributed by atoms with Gasteiger partial charge in [0.25, 0.3) is 0 Å². The van der Waals surface area contributed by atoms with Gasteiger partial charge >= 0.3 is 0 Å². The number of aliphatic imine (C=N–C) groups is 1. The fourth-order valence-electron chi connectivity index (χ4n) is 2.55. The second-order valence-electron chi connectivity index (χ2n) is 7.63. The lowest BCUT2D eigenvalue weighted by Crippen LogP contribution is -2.36. The molecule has 1 heterocycles. The largest absolute Gasteiger partial charge is 0.495 e. The summed E-state index contributed by atoms with van der Waals surface area (Å²) in [7, 11) is 1.57. The Hall–Kier alpha value is -3.03. The zero-order valence-electron chi connectivity index (χ0n) is 18.0. The molecule has 0 aliphatic carbocycles. The Labute approximate surface area is 172 Å². The molecule has 0 saturated heterocycles. The van der Waals surface area contributed by atoms with Gasteiger partial charge in [0.2, 0.25) is 11.8 Å².